The van der Waals surface area contributed by atoms with Crippen molar-refractivity contribution in [2.75, 3.05) is 17.6 Å². The summed E-state index contributed by atoms with van der Waals surface area (Å²) in [6, 6.07) is 0. The quantitative estimate of drug-likeness (QED) is 0.717. The molecule has 1 aromatic rings. The number of nitrogens with two attached hydrogens (primary N) is 1. The minimum Gasteiger partial charge on any atom is -0.393 e. The van der Waals surface area contributed by atoms with E-state index in [0.717, 1.165) is 42.9 Å². The van der Waals surface area contributed by atoms with Crippen molar-refractivity contribution >= 4 is 11.6 Å². The van der Waals surface area contributed by atoms with Gasteiger partial charge in [-0.25, -0.2) is 9.97 Å². The summed E-state index contributed by atoms with van der Waals surface area (Å²) in [6.45, 7) is 4.60. The van der Waals surface area contributed by atoms with Crippen LogP contribution in [0.4, 0.5) is 11.6 Å². The lowest BCUT2D eigenvalue weighted by molar-refractivity contribution is 0.164. The van der Waals surface area contributed by atoms with E-state index < -0.39 is 0 Å². The van der Waals surface area contributed by atoms with Crippen molar-refractivity contribution in [1.29, 1.82) is 0 Å². The minimum atomic E-state index is -0.250. The summed E-state index contributed by atoms with van der Waals surface area (Å²) in [5, 5.41) is 12.8. The highest BCUT2D eigenvalue weighted by Gasteiger charge is 2.27. The molecule has 1 unspecified atom stereocenters. The lowest BCUT2D eigenvalue weighted by Gasteiger charge is -2.13. The van der Waals surface area contributed by atoms with E-state index in [1.165, 1.54) is 0 Å². The summed E-state index contributed by atoms with van der Waals surface area (Å²) in [4.78, 5) is 8.87. The molecule has 0 radical (unpaired) electrons. The fraction of sp³-hybridized carbons (Fsp3) is 0.692. The summed E-state index contributed by atoms with van der Waals surface area (Å²) >= 11 is 0. The van der Waals surface area contributed by atoms with E-state index in [0.29, 0.717) is 18.3 Å². The summed E-state index contributed by atoms with van der Waals surface area (Å²) in [5.41, 5.74) is 6.80. The molecule has 0 spiro atoms. The molecular formula is C13H22N4O. The van der Waals surface area contributed by atoms with Crippen LogP contribution in [0.1, 0.15) is 49.9 Å². The van der Waals surface area contributed by atoms with Gasteiger partial charge in [0.15, 0.2) is 0 Å². The molecule has 0 aromatic carbocycles. The predicted octanol–water partition coefficient (Wildman–Crippen LogP) is 1.82. The summed E-state index contributed by atoms with van der Waals surface area (Å²) in [7, 11) is 0. The van der Waals surface area contributed by atoms with Crippen molar-refractivity contribution in [3.05, 3.63) is 11.4 Å². The Balaban J connectivity index is 2.02. The average Bonchev–Trinajstić information content (AvgIpc) is 3.18. The maximum atomic E-state index is 9.52. The van der Waals surface area contributed by atoms with E-state index in [2.05, 4.69) is 15.3 Å². The molecule has 4 N–H and O–H groups in total. The van der Waals surface area contributed by atoms with Gasteiger partial charge in [0.1, 0.15) is 17.5 Å². The van der Waals surface area contributed by atoms with E-state index in [-0.39, 0.29) is 6.10 Å². The Bertz CT molecular complexity index is 418. The van der Waals surface area contributed by atoms with Gasteiger partial charge in [-0.3, -0.25) is 0 Å². The largest absolute Gasteiger partial charge is 0.393 e. The van der Waals surface area contributed by atoms with Crippen molar-refractivity contribution in [2.24, 2.45) is 0 Å². The number of hydrogen-bond acceptors (Lipinski definition) is 5. The van der Waals surface area contributed by atoms with Gasteiger partial charge in [-0.1, -0.05) is 6.92 Å². The zero-order valence-corrected chi connectivity index (χ0v) is 11.1. The van der Waals surface area contributed by atoms with Gasteiger partial charge < -0.3 is 16.2 Å². The highest BCUT2D eigenvalue weighted by atomic mass is 16.3. The Hall–Kier alpha value is -1.36. The topological polar surface area (TPSA) is 84.1 Å². The standard InChI is InChI=1S/C13H22N4O/c1-3-10(18)6-7-15-12-8(2)11(14)16-13(17-12)9-4-5-9/h9-10,18H,3-7H2,1-2H3,(H3,14,15,16,17). The molecule has 1 aliphatic rings. The molecular weight excluding hydrogens is 228 g/mol. The van der Waals surface area contributed by atoms with Crippen molar-refractivity contribution in [2.45, 2.75) is 51.6 Å². The van der Waals surface area contributed by atoms with Gasteiger partial charge in [0.25, 0.3) is 0 Å². The van der Waals surface area contributed by atoms with E-state index >= 15 is 0 Å². The Kier molecular flexibility index (Phi) is 4.01. The van der Waals surface area contributed by atoms with Crippen LogP contribution in [0, 0.1) is 6.92 Å². The van der Waals surface area contributed by atoms with Crippen LogP contribution in [-0.2, 0) is 0 Å². The molecule has 0 bridgehead atoms. The van der Waals surface area contributed by atoms with Gasteiger partial charge in [0.05, 0.1) is 6.10 Å². The van der Waals surface area contributed by atoms with Crippen LogP contribution in [0.3, 0.4) is 0 Å². The normalized spacial score (nSPS) is 16.6. The van der Waals surface area contributed by atoms with Crippen LogP contribution < -0.4 is 11.1 Å². The molecule has 5 nitrogen and oxygen atoms in total. The van der Waals surface area contributed by atoms with Gasteiger partial charge in [-0.15, -0.1) is 0 Å². The number of anilines is 2. The molecule has 1 fully saturated rings. The fourth-order valence-electron chi connectivity index (χ4n) is 1.81. The maximum Gasteiger partial charge on any atom is 0.136 e. The summed E-state index contributed by atoms with van der Waals surface area (Å²) in [5.74, 6) is 2.73. The van der Waals surface area contributed by atoms with Crippen molar-refractivity contribution in [1.82, 2.24) is 9.97 Å². The first-order valence-corrected chi connectivity index (χ1v) is 6.67. The number of rotatable bonds is 6. The smallest absolute Gasteiger partial charge is 0.136 e. The molecule has 0 amide bonds. The Morgan fingerprint density at radius 2 is 2.17 bits per heavy atom. The molecule has 2 rings (SSSR count). The van der Waals surface area contributed by atoms with Crippen LogP contribution in [0.5, 0.6) is 0 Å². The number of nitrogens with zero attached hydrogens (tertiary/aromatic N) is 2. The zero-order valence-electron chi connectivity index (χ0n) is 11.1. The van der Waals surface area contributed by atoms with Crippen LogP contribution in [-0.4, -0.2) is 27.7 Å². The number of hydrogen-bond donors (Lipinski definition) is 3. The molecule has 1 heterocycles. The number of aliphatic hydroxyl groups excluding tert-OH is 1. The second-order valence-corrected chi connectivity index (χ2v) is 4.99. The molecule has 1 atom stereocenters. The van der Waals surface area contributed by atoms with Crippen LogP contribution >= 0.6 is 0 Å². The molecule has 0 saturated heterocycles. The van der Waals surface area contributed by atoms with Gasteiger partial charge in [-0.05, 0) is 32.6 Å². The fourth-order valence-corrected chi connectivity index (χ4v) is 1.81. The Morgan fingerprint density at radius 3 is 2.78 bits per heavy atom. The molecule has 1 aromatic heterocycles. The maximum absolute atomic E-state index is 9.52. The second kappa shape index (κ2) is 5.52. The SMILES string of the molecule is CCC(O)CCNc1nc(C2CC2)nc(N)c1C. The third kappa shape index (κ3) is 3.10. The Labute approximate surface area is 108 Å². The van der Waals surface area contributed by atoms with E-state index in [1.807, 2.05) is 13.8 Å². The minimum absolute atomic E-state index is 0.250. The van der Waals surface area contributed by atoms with E-state index in [9.17, 15) is 5.11 Å². The average molecular weight is 250 g/mol. The van der Waals surface area contributed by atoms with Crippen LogP contribution in [0.15, 0.2) is 0 Å². The Morgan fingerprint density at radius 1 is 1.44 bits per heavy atom. The summed E-state index contributed by atoms with van der Waals surface area (Å²) in [6.07, 6.45) is 3.57. The molecule has 1 saturated carbocycles. The van der Waals surface area contributed by atoms with Crippen molar-refractivity contribution in [3.8, 4) is 0 Å². The lowest BCUT2D eigenvalue weighted by Crippen LogP contribution is -2.15. The van der Waals surface area contributed by atoms with Crippen LogP contribution in [0.25, 0.3) is 0 Å². The first kappa shape index (κ1) is 13.1. The molecule has 1 aliphatic carbocycles. The highest BCUT2D eigenvalue weighted by molar-refractivity contribution is 5.55. The van der Waals surface area contributed by atoms with Gasteiger partial charge in [-0.2, -0.15) is 0 Å². The number of nitrogens with one attached hydrogen (secondary N) is 1. The molecule has 18 heavy (non-hydrogen) atoms. The first-order chi connectivity index (χ1) is 8.61. The van der Waals surface area contributed by atoms with E-state index in [1.54, 1.807) is 0 Å². The van der Waals surface area contributed by atoms with E-state index in [4.69, 9.17) is 5.73 Å². The lowest BCUT2D eigenvalue weighted by atomic mass is 10.2. The molecule has 100 valence electrons. The zero-order chi connectivity index (χ0) is 13.1. The second-order valence-electron chi connectivity index (χ2n) is 4.99. The van der Waals surface area contributed by atoms with Gasteiger partial charge >= 0.3 is 0 Å². The van der Waals surface area contributed by atoms with Gasteiger partial charge in [0, 0.05) is 18.0 Å². The van der Waals surface area contributed by atoms with Gasteiger partial charge in [0.2, 0.25) is 0 Å². The van der Waals surface area contributed by atoms with Crippen molar-refractivity contribution < 1.29 is 5.11 Å². The number of aliphatic hydroxyl groups is 1. The third-order valence-electron chi connectivity index (χ3n) is 3.38. The first-order valence-electron chi connectivity index (χ1n) is 6.67. The summed E-state index contributed by atoms with van der Waals surface area (Å²) < 4.78 is 0. The van der Waals surface area contributed by atoms with Crippen molar-refractivity contribution in [3.63, 3.8) is 0 Å². The number of nitrogen functional groups attached to an aromatic ring is 1. The molecule has 5 heteroatoms. The van der Waals surface area contributed by atoms with Crippen LogP contribution in [0.2, 0.25) is 0 Å². The molecule has 0 aliphatic heterocycles. The third-order valence-corrected chi connectivity index (χ3v) is 3.38. The predicted molar refractivity (Wildman–Crippen MR) is 72.6 cm³/mol. The monoisotopic (exact) mass is 250 g/mol. The highest BCUT2D eigenvalue weighted by Crippen LogP contribution is 2.39. The number of aromatic nitrogens is 2.